The highest BCUT2D eigenvalue weighted by Gasteiger charge is 2.09. The van der Waals surface area contributed by atoms with E-state index in [4.69, 9.17) is 0 Å². The van der Waals surface area contributed by atoms with Crippen molar-refractivity contribution in [2.45, 2.75) is 6.92 Å². The fourth-order valence-electron chi connectivity index (χ4n) is 2.02. The molecule has 0 amide bonds. The summed E-state index contributed by atoms with van der Waals surface area (Å²) in [5.41, 5.74) is 2.96. The molecule has 7 heteroatoms. The lowest BCUT2D eigenvalue weighted by Crippen LogP contribution is -1.95. The van der Waals surface area contributed by atoms with Crippen LogP contribution in [0.25, 0.3) is 21.1 Å². The first-order valence-corrected chi connectivity index (χ1v) is 6.89. The van der Waals surface area contributed by atoms with E-state index in [0.717, 1.165) is 31.8 Å². The molecule has 0 aliphatic carbocycles. The summed E-state index contributed by atoms with van der Waals surface area (Å²) < 4.78 is 1.11. The van der Waals surface area contributed by atoms with Gasteiger partial charge in [-0.1, -0.05) is 11.3 Å². The van der Waals surface area contributed by atoms with Crippen molar-refractivity contribution >= 4 is 43.5 Å². The van der Waals surface area contributed by atoms with Crippen LogP contribution in [0, 0.1) is 6.92 Å². The molecule has 0 atom stereocenters. The predicted molar refractivity (Wildman–Crippen MR) is 79.3 cm³/mol. The lowest BCUT2D eigenvalue weighted by molar-refractivity contribution is 1.12. The zero-order valence-electron chi connectivity index (χ0n) is 10.6. The average Bonchev–Trinajstić information content (AvgIpc) is 3.06. The van der Waals surface area contributed by atoms with E-state index in [1.807, 2.05) is 19.1 Å². The summed E-state index contributed by atoms with van der Waals surface area (Å²) in [6.07, 6.45) is 5.34. The number of aromatic nitrogens is 5. The maximum atomic E-state index is 4.60. The molecular weight excluding hydrogens is 272 g/mol. The summed E-state index contributed by atoms with van der Waals surface area (Å²) in [5, 5.41) is 11.9. The third kappa shape index (κ3) is 1.79. The van der Waals surface area contributed by atoms with Crippen molar-refractivity contribution in [3.05, 3.63) is 36.3 Å². The highest BCUT2D eigenvalue weighted by Crippen LogP contribution is 2.31. The van der Waals surface area contributed by atoms with E-state index in [0.29, 0.717) is 5.95 Å². The lowest BCUT2D eigenvalue weighted by atomic mass is 10.2. The topological polar surface area (TPSA) is 79.4 Å². The second kappa shape index (κ2) is 4.24. The quantitative estimate of drug-likeness (QED) is 0.591. The van der Waals surface area contributed by atoms with Crippen LogP contribution in [0.5, 0.6) is 0 Å². The zero-order valence-corrected chi connectivity index (χ0v) is 11.4. The van der Waals surface area contributed by atoms with Crippen molar-refractivity contribution in [3.63, 3.8) is 0 Å². The number of hydrogen-bond donors (Lipinski definition) is 2. The Morgan fingerprint density at radius 1 is 1.15 bits per heavy atom. The normalized spacial score (nSPS) is 11.2. The van der Waals surface area contributed by atoms with Gasteiger partial charge in [-0.25, -0.2) is 15.0 Å². The number of benzene rings is 1. The molecule has 3 aromatic heterocycles. The second-order valence-corrected chi connectivity index (χ2v) is 5.50. The van der Waals surface area contributed by atoms with Gasteiger partial charge < -0.3 is 5.32 Å². The molecule has 0 saturated heterocycles. The minimum absolute atomic E-state index is 0.554. The minimum atomic E-state index is 0.554. The Bertz CT molecular complexity index is 892. The fraction of sp³-hybridized carbons (Fsp3) is 0.0769. The number of aryl methyl sites for hydroxylation is 1. The van der Waals surface area contributed by atoms with Crippen LogP contribution >= 0.6 is 11.3 Å². The van der Waals surface area contributed by atoms with E-state index in [-0.39, 0.29) is 0 Å². The number of nitrogens with one attached hydrogen (secondary N) is 2. The van der Waals surface area contributed by atoms with Gasteiger partial charge in [-0.15, -0.1) is 0 Å². The van der Waals surface area contributed by atoms with E-state index >= 15 is 0 Å². The smallest absolute Gasteiger partial charge is 0.228 e. The maximum absolute atomic E-state index is 4.60. The molecule has 2 N–H and O–H groups in total. The number of aromatic amines is 1. The molecule has 20 heavy (non-hydrogen) atoms. The van der Waals surface area contributed by atoms with Gasteiger partial charge in [0.2, 0.25) is 5.95 Å². The Balaban J connectivity index is 1.78. The predicted octanol–water partition coefficient (Wildman–Crippen LogP) is 3.01. The van der Waals surface area contributed by atoms with Crippen LogP contribution in [0.15, 0.2) is 30.7 Å². The molecule has 0 aliphatic heterocycles. The summed E-state index contributed by atoms with van der Waals surface area (Å²) in [6.45, 7) is 1.96. The van der Waals surface area contributed by atoms with E-state index in [1.165, 1.54) is 0 Å². The first-order chi connectivity index (χ1) is 9.79. The van der Waals surface area contributed by atoms with Crippen molar-refractivity contribution in [1.82, 2.24) is 25.1 Å². The Hall–Kier alpha value is -2.54. The van der Waals surface area contributed by atoms with Gasteiger partial charge in [0, 0.05) is 17.8 Å². The molecule has 0 aliphatic rings. The molecule has 0 fully saturated rings. The second-order valence-electron chi connectivity index (χ2n) is 4.47. The first kappa shape index (κ1) is 11.3. The van der Waals surface area contributed by atoms with Crippen LogP contribution in [0.3, 0.4) is 0 Å². The Morgan fingerprint density at radius 2 is 2.00 bits per heavy atom. The molecule has 0 spiro atoms. The van der Waals surface area contributed by atoms with E-state index < -0.39 is 0 Å². The van der Waals surface area contributed by atoms with Crippen molar-refractivity contribution < 1.29 is 0 Å². The number of fused-ring (bicyclic) bond motifs is 3. The largest absolute Gasteiger partial charge is 0.300 e. The number of rotatable bonds is 2. The molecule has 4 rings (SSSR count). The lowest BCUT2D eigenvalue weighted by Gasteiger charge is -1.99. The Labute approximate surface area is 117 Å². The fourth-order valence-corrected chi connectivity index (χ4v) is 2.89. The van der Waals surface area contributed by atoms with Gasteiger partial charge in [0.25, 0.3) is 0 Å². The molecule has 0 bridgehead atoms. The molecular formula is C13H10N6S. The van der Waals surface area contributed by atoms with E-state index in [9.17, 15) is 0 Å². The van der Waals surface area contributed by atoms with Gasteiger partial charge in [-0.05, 0) is 24.6 Å². The molecule has 1 aromatic carbocycles. The number of H-pyrrole nitrogens is 1. The van der Waals surface area contributed by atoms with Gasteiger partial charge in [0.15, 0.2) is 5.13 Å². The van der Waals surface area contributed by atoms with Gasteiger partial charge in [0.05, 0.1) is 21.9 Å². The van der Waals surface area contributed by atoms with E-state index in [2.05, 4.69) is 30.5 Å². The summed E-state index contributed by atoms with van der Waals surface area (Å²) in [4.78, 5) is 13.0. The van der Waals surface area contributed by atoms with Crippen LogP contribution in [-0.2, 0) is 0 Å². The maximum Gasteiger partial charge on any atom is 0.228 e. The minimum Gasteiger partial charge on any atom is -0.300 e. The summed E-state index contributed by atoms with van der Waals surface area (Å²) in [7, 11) is 0. The Morgan fingerprint density at radius 3 is 2.85 bits per heavy atom. The SMILES string of the molecule is Cc1cnc(Nc2nc3c(ccc4[nH]ncc43)s2)nc1. The summed E-state index contributed by atoms with van der Waals surface area (Å²) in [6, 6.07) is 4.05. The van der Waals surface area contributed by atoms with Gasteiger partial charge in [0.1, 0.15) is 0 Å². The van der Waals surface area contributed by atoms with Crippen LogP contribution in [-0.4, -0.2) is 25.1 Å². The van der Waals surface area contributed by atoms with Crippen LogP contribution in [0.1, 0.15) is 5.56 Å². The zero-order chi connectivity index (χ0) is 13.5. The van der Waals surface area contributed by atoms with Crippen molar-refractivity contribution in [2.75, 3.05) is 5.32 Å². The van der Waals surface area contributed by atoms with Gasteiger partial charge in [-0.3, -0.25) is 5.10 Å². The number of nitrogens with zero attached hydrogens (tertiary/aromatic N) is 4. The molecule has 0 unspecified atom stereocenters. The number of anilines is 2. The number of thiazole rings is 1. The monoisotopic (exact) mass is 282 g/mol. The summed E-state index contributed by atoms with van der Waals surface area (Å²) >= 11 is 1.57. The summed E-state index contributed by atoms with van der Waals surface area (Å²) in [5.74, 6) is 0.554. The standard InChI is InChI=1S/C13H10N6S/c1-7-4-14-12(15-5-7)18-13-17-11-8-6-16-19-9(8)2-3-10(11)20-13/h2-6H,1H3,(H,16,19)(H,14,15,17,18). The highest BCUT2D eigenvalue weighted by molar-refractivity contribution is 7.22. The van der Waals surface area contributed by atoms with Gasteiger partial charge in [-0.2, -0.15) is 5.10 Å². The molecule has 6 nitrogen and oxygen atoms in total. The third-order valence-corrected chi connectivity index (χ3v) is 3.91. The average molecular weight is 282 g/mol. The van der Waals surface area contributed by atoms with Crippen LogP contribution < -0.4 is 5.32 Å². The van der Waals surface area contributed by atoms with Crippen molar-refractivity contribution in [2.24, 2.45) is 0 Å². The molecule has 0 saturated carbocycles. The highest BCUT2D eigenvalue weighted by atomic mass is 32.1. The van der Waals surface area contributed by atoms with Gasteiger partial charge >= 0.3 is 0 Å². The van der Waals surface area contributed by atoms with Crippen molar-refractivity contribution in [1.29, 1.82) is 0 Å². The van der Waals surface area contributed by atoms with Crippen molar-refractivity contribution in [3.8, 4) is 0 Å². The molecule has 0 radical (unpaired) electrons. The van der Waals surface area contributed by atoms with Crippen LogP contribution in [0.4, 0.5) is 11.1 Å². The van der Waals surface area contributed by atoms with E-state index in [1.54, 1.807) is 29.9 Å². The third-order valence-electron chi connectivity index (χ3n) is 2.98. The first-order valence-electron chi connectivity index (χ1n) is 6.08. The Kier molecular flexibility index (Phi) is 2.40. The molecule has 3 heterocycles. The van der Waals surface area contributed by atoms with Crippen LogP contribution in [0.2, 0.25) is 0 Å². The number of hydrogen-bond acceptors (Lipinski definition) is 6. The molecule has 98 valence electrons. The molecule has 4 aromatic rings.